The van der Waals surface area contributed by atoms with E-state index in [4.69, 9.17) is 0 Å². The summed E-state index contributed by atoms with van der Waals surface area (Å²) < 4.78 is 24.3. The first-order chi connectivity index (χ1) is 12.1. The Morgan fingerprint density at radius 2 is 1.52 bits per heavy atom. The van der Waals surface area contributed by atoms with Crippen LogP contribution in [0.2, 0.25) is 0 Å². The molecule has 134 valence electrons. The van der Waals surface area contributed by atoms with Gasteiger partial charge in [0.25, 0.3) is 0 Å². The summed E-state index contributed by atoms with van der Waals surface area (Å²) >= 11 is 0. The predicted octanol–water partition coefficient (Wildman–Crippen LogP) is 2.36. The minimum atomic E-state index is -3.09. The molecule has 0 spiro atoms. The van der Waals surface area contributed by atoms with Crippen molar-refractivity contribution in [2.45, 2.75) is 18.7 Å². The van der Waals surface area contributed by atoms with Gasteiger partial charge in [0, 0.05) is 20.1 Å². The van der Waals surface area contributed by atoms with E-state index in [1.165, 1.54) is 0 Å². The molecule has 0 aliphatic carbocycles. The van der Waals surface area contributed by atoms with E-state index in [0.717, 1.165) is 11.1 Å². The summed E-state index contributed by atoms with van der Waals surface area (Å²) in [5, 5.41) is 6.36. The molecule has 0 aromatic heterocycles. The lowest BCUT2D eigenvalue weighted by Crippen LogP contribution is -2.37. The van der Waals surface area contributed by atoms with Gasteiger partial charge in [-0.2, -0.15) is 0 Å². The number of hydrogen-bond acceptors (Lipinski definition) is 3. The van der Waals surface area contributed by atoms with Crippen molar-refractivity contribution in [2.75, 3.05) is 19.3 Å². The lowest BCUT2D eigenvalue weighted by molar-refractivity contribution is 0.591. The lowest BCUT2D eigenvalue weighted by atomic mass is 10.2. The van der Waals surface area contributed by atoms with Crippen molar-refractivity contribution in [1.29, 1.82) is 0 Å². The van der Waals surface area contributed by atoms with E-state index in [9.17, 15) is 8.42 Å². The molecule has 2 N–H and O–H groups in total. The van der Waals surface area contributed by atoms with E-state index in [-0.39, 0.29) is 11.5 Å². The Morgan fingerprint density at radius 1 is 0.920 bits per heavy atom. The highest BCUT2D eigenvalue weighted by atomic mass is 32.2. The van der Waals surface area contributed by atoms with Gasteiger partial charge < -0.3 is 10.6 Å². The van der Waals surface area contributed by atoms with E-state index >= 15 is 0 Å². The number of rotatable bonds is 8. The number of sulfone groups is 1. The molecule has 0 aliphatic heterocycles. The average molecular weight is 359 g/mol. The number of nitrogens with one attached hydrogen (secondary N) is 2. The lowest BCUT2D eigenvalue weighted by Gasteiger charge is -2.12. The van der Waals surface area contributed by atoms with Crippen LogP contribution in [0.3, 0.4) is 0 Å². The van der Waals surface area contributed by atoms with Crippen molar-refractivity contribution in [3.8, 4) is 0 Å². The third-order valence-electron chi connectivity index (χ3n) is 3.68. The maximum Gasteiger partial charge on any atom is 0.191 e. The molecule has 25 heavy (non-hydrogen) atoms. The molecule has 0 saturated carbocycles. The molecule has 2 aromatic rings. The molecule has 0 saturated heterocycles. The quantitative estimate of drug-likeness (QED) is 0.431. The van der Waals surface area contributed by atoms with E-state index in [1.807, 2.05) is 60.7 Å². The highest BCUT2D eigenvalue weighted by Gasteiger charge is 2.11. The van der Waals surface area contributed by atoms with Crippen LogP contribution in [0.4, 0.5) is 0 Å². The fourth-order valence-corrected chi connectivity index (χ4v) is 3.83. The summed E-state index contributed by atoms with van der Waals surface area (Å²) in [4.78, 5) is 4.15. The molecule has 0 fully saturated rings. The van der Waals surface area contributed by atoms with Gasteiger partial charge in [-0.1, -0.05) is 60.7 Å². The van der Waals surface area contributed by atoms with Gasteiger partial charge in [-0.3, -0.25) is 4.99 Å². The van der Waals surface area contributed by atoms with E-state index < -0.39 is 9.84 Å². The fourth-order valence-electron chi connectivity index (χ4n) is 2.40. The summed E-state index contributed by atoms with van der Waals surface area (Å²) in [7, 11) is -1.39. The van der Waals surface area contributed by atoms with Gasteiger partial charge in [0.05, 0.1) is 11.5 Å². The average Bonchev–Trinajstić information content (AvgIpc) is 2.62. The largest absolute Gasteiger partial charge is 0.356 e. The zero-order valence-corrected chi connectivity index (χ0v) is 15.3. The molecular formula is C19H25N3O2S. The second-order valence-corrected chi connectivity index (χ2v) is 7.95. The van der Waals surface area contributed by atoms with Gasteiger partial charge in [-0.25, -0.2) is 8.42 Å². The third-order valence-corrected chi connectivity index (χ3v) is 5.36. The van der Waals surface area contributed by atoms with Gasteiger partial charge in [0.1, 0.15) is 0 Å². The second kappa shape index (κ2) is 9.84. The van der Waals surface area contributed by atoms with Crippen LogP contribution >= 0.6 is 0 Å². The summed E-state index contributed by atoms with van der Waals surface area (Å²) in [5.74, 6) is 0.920. The highest BCUT2D eigenvalue weighted by Crippen LogP contribution is 2.06. The second-order valence-electron chi connectivity index (χ2n) is 5.77. The molecular weight excluding hydrogens is 334 g/mol. The highest BCUT2D eigenvalue weighted by molar-refractivity contribution is 7.90. The minimum Gasteiger partial charge on any atom is -0.356 e. The SMILES string of the molecule is CN=C(NCCCS(=O)(=O)Cc1ccccc1)NCc1ccccc1. The van der Waals surface area contributed by atoms with Crippen molar-refractivity contribution in [3.63, 3.8) is 0 Å². The van der Waals surface area contributed by atoms with Crippen LogP contribution in [0.15, 0.2) is 65.7 Å². The van der Waals surface area contributed by atoms with Crippen LogP contribution in [0.5, 0.6) is 0 Å². The Kier molecular flexibility index (Phi) is 7.47. The third kappa shape index (κ3) is 7.39. The Hall–Kier alpha value is -2.34. The molecule has 0 radical (unpaired) electrons. The summed E-state index contributed by atoms with van der Waals surface area (Å²) in [6, 6.07) is 19.3. The number of nitrogens with zero attached hydrogens (tertiary/aromatic N) is 1. The molecule has 0 aliphatic rings. The van der Waals surface area contributed by atoms with E-state index in [2.05, 4.69) is 15.6 Å². The predicted molar refractivity (Wildman–Crippen MR) is 103 cm³/mol. The van der Waals surface area contributed by atoms with Gasteiger partial charge in [-0.05, 0) is 17.5 Å². The molecule has 0 bridgehead atoms. The minimum absolute atomic E-state index is 0.0921. The summed E-state index contributed by atoms with van der Waals surface area (Å²) in [6.07, 6.45) is 0.543. The zero-order valence-electron chi connectivity index (χ0n) is 14.5. The molecule has 0 unspecified atom stereocenters. The molecule has 2 rings (SSSR count). The van der Waals surface area contributed by atoms with Crippen molar-refractivity contribution in [3.05, 3.63) is 71.8 Å². The van der Waals surface area contributed by atoms with Crippen LogP contribution in [-0.4, -0.2) is 33.7 Å². The Morgan fingerprint density at radius 3 is 2.12 bits per heavy atom. The van der Waals surface area contributed by atoms with Crippen LogP contribution < -0.4 is 10.6 Å². The molecule has 0 amide bonds. The Balaban J connectivity index is 1.70. The normalized spacial score (nSPS) is 12.0. The maximum absolute atomic E-state index is 12.2. The molecule has 0 atom stereocenters. The van der Waals surface area contributed by atoms with Crippen LogP contribution in [0, 0.1) is 0 Å². The molecule has 5 nitrogen and oxygen atoms in total. The van der Waals surface area contributed by atoms with Crippen molar-refractivity contribution in [2.24, 2.45) is 4.99 Å². The summed E-state index contributed by atoms with van der Waals surface area (Å²) in [6.45, 7) is 1.23. The van der Waals surface area contributed by atoms with Crippen molar-refractivity contribution in [1.82, 2.24) is 10.6 Å². The van der Waals surface area contributed by atoms with Crippen LogP contribution in [0.1, 0.15) is 17.5 Å². The first-order valence-electron chi connectivity index (χ1n) is 8.32. The number of hydrogen-bond donors (Lipinski definition) is 2. The standard InChI is InChI=1S/C19H25N3O2S/c1-20-19(22-15-17-9-4-2-5-10-17)21-13-8-14-25(23,24)16-18-11-6-3-7-12-18/h2-7,9-12H,8,13-16H2,1H3,(H2,20,21,22). The first kappa shape index (κ1) is 19.0. The van der Waals surface area contributed by atoms with Crippen LogP contribution in [0.25, 0.3) is 0 Å². The van der Waals surface area contributed by atoms with Gasteiger partial charge in [0.2, 0.25) is 0 Å². The Bertz CT molecular complexity index is 760. The molecule has 2 aromatic carbocycles. The number of aliphatic imine (C=N–C) groups is 1. The van der Waals surface area contributed by atoms with E-state index in [1.54, 1.807) is 7.05 Å². The van der Waals surface area contributed by atoms with Crippen molar-refractivity contribution < 1.29 is 8.42 Å². The number of guanidine groups is 1. The topological polar surface area (TPSA) is 70.6 Å². The van der Waals surface area contributed by atoms with Crippen molar-refractivity contribution >= 4 is 15.8 Å². The van der Waals surface area contributed by atoms with E-state index in [0.29, 0.717) is 25.5 Å². The maximum atomic E-state index is 12.2. The molecule has 0 heterocycles. The summed E-state index contributed by atoms with van der Waals surface area (Å²) in [5.41, 5.74) is 1.99. The van der Waals surface area contributed by atoms with Gasteiger partial charge in [0.15, 0.2) is 15.8 Å². The van der Waals surface area contributed by atoms with Crippen LogP contribution in [-0.2, 0) is 22.1 Å². The smallest absolute Gasteiger partial charge is 0.191 e. The first-order valence-corrected chi connectivity index (χ1v) is 10.1. The number of benzene rings is 2. The molecule has 6 heteroatoms. The Labute approximate surface area is 150 Å². The zero-order chi connectivity index (χ0) is 18.0. The fraction of sp³-hybridized carbons (Fsp3) is 0.316. The monoisotopic (exact) mass is 359 g/mol. The van der Waals surface area contributed by atoms with Gasteiger partial charge >= 0.3 is 0 Å². The van der Waals surface area contributed by atoms with Gasteiger partial charge in [-0.15, -0.1) is 0 Å².